The highest BCUT2D eigenvalue weighted by molar-refractivity contribution is 7.93. The molecule has 214 valence electrons. The molecule has 0 spiro atoms. The van der Waals surface area contributed by atoms with Crippen molar-refractivity contribution in [3.63, 3.8) is 0 Å². The molecule has 0 atom stereocenters. The molecule has 0 aliphatic carbocycles. The molecule has 1 amide bonds. The van der Waals surface area contributed by atoms with Gasteiger partial charge in [0, 0.05) is 5.69 Å². The first-order chi connectivity index (χ1) is 19.5. The van der Waals surface area contributed by atoms with Crippen LogP contribution in [0.3, 0.4) is 0 Å². The Labute approximate surface area is 240 Å². The zero-order valence-electron chi connectivity index (χ0n) is 22.9. The number of carbonyl (C=O) groups excluding carboxylic acids is 1. The lowest BCUT2D eigenvalue weighted by molar-refractivity contribution is -0.114. The topological polar surface area (TPSA) is 122 Å². The van der Waals surface area contributed by atoms with E-state index in [1.54, 1.807) is 48.5 Å². The highest BCUT2D eigenvalue weighted by Crippen LogP contribution is 2.26. The van der Waals surface area contributed by atoms with E-state index in [1.807, 2.05) is 32.9 Å². The Bertz CT molecular complexity index is 1720. The van der Waals surface area contributed by atoms with E-state index >= 15 is 0 Å². The first kappa shape index (κ1) is 29.6. The number of carbonyl (C=O) groups is 1. The van der Waals surface area contributed by atoms with E-state index in [0.29, 0.717) is 29.4 Å². The molecule has 41 heavy (non-hydrogen) atoms. The maximum atomic E-state index is 13.6. The van der Waals surface area contributed by atoms with Gasteiger partial charge < -0.3 is 10.1 Å². The molecule has 0 saturated carbocycles. The molecule has 4 aromatic carbocycles. The summed E-state index contributed by atoms with van der Waals surface area (Å²) in [6, 6.07) is 25.4. The zero-order chi connectivity index (χ0) is 29.6. The predicted molar refractivity (Wildman–Crippen MR) is 160 cm³/mol. The van der Waals surface area contributed by atoms with Crippen LogP contribution in [0.15, 0.2) is 107 Å². The number of hydrogen-bond acceptors (Lipinski definition) is 6. The summed E-state index contributed by atoms with van der Waals surface area (Å²) in [5.41, 5.74) is 2.81. The van der Waals surface area contributed by atoms with Crippen molar-refractivity contribution in [2.75, 3.05) is 27.5 Å². The van der Waals surface area contributed by atoms with Crippen molar-refractivity contribution in [1.29, 1.82) is 0 Å². The van der Waals surface area contributed by atoms with Gasteiger partial charge in [-0.05, 0) is 98.6 Å². The van der Waals surface area contributed by atoms with E-state index < -0.39 is 32.5 Å². The third-order valence-corrected chi connectivity index (χ3v) is 9.31. The molecule has 2 N–H and O–H groups in total. The third kappa shape index (κ3) is 7.24. The highest BCUT2D eigenvalue weighted by Gasteiger charge is 2.27. The number of amides is 1. The van der Waals surface area contributed by atoms with E-state index in [1.165, 1.54) is 36.4 Å². The molecule has 0 heterocycles. The second kappa shape index (κ2) is 12.4. The third-order valence-electron chi connectivity index (χ3n) is 6.14. The van der Waals surface area contributed by atoms with Crippen LogP contribution in [0.25, 0.3) is 0 Å². The van der Waals surface area contributed by atoms with Gasteiger partial charge in [0.15, 0.2) is 0 Å². The van der Waals surface area contributed by atoms with E-state index in [-0.39, 0.29) is 9.79 Å². The van der Waals surface area contributed by atoms with Gasteiger partial charge in [0.2, 0.25) is 5.91 Å². The number of hydrogen-bond donors (Lipinski definition) is 2. The van der Waals surface area contributed by atoms with Crippen molar-refractivity contribution < 1.29 is 26.4 Å². The summed E-state index contributed by atoms with van der Waals surface area (Å²) in [4.78, 5) is 13.1. The van der Waals surface area contributed by atoms with Crippen LogP contribution >= 0.6 is 0 Å². The molecule has 0 aliphatic rings. The number of nitrogens with one attached hydrogen (secondary N) is 2. The van der Waals surface area contributed by atoms with Crippen LogP contribution < -0.4 is 19.1 Å². The summed E-state index contributed by atoms with van der Waals surface area (Å²) in [7, 11) is -7.98. The van der Waals surface area contributed by atoms with E-state index in [4.69, 9.17) is 4.74 Å². The molecule has 0 bridgehead atoms. The highest BCUT2D eigenvalue weighted by atomic mass is 32.2. The number of rotatable bonds is 11. The number of anilines is 3. The second-order valence-electron chi connectivity index (χ2n) is 9.25. The summed E-state index contributed by atoms with van der Waals surface area (Å²) in [5.74, 6) is -0.0717. The fourth-order valence-electron chi connectivity index (χ4n) is 4.01. The lowest BCUT2D eigenvalue weighted by Gasteiger charge is -2.24. The minimum absolute atomic E-state index is 0.00325. The first-order valence-corrected chi connectivity index (χ1v) is 15.7. The maximum absolute atomic E-state index is 13.6. The van der Waals surface area contributed by atoms with Crippen molar-refractivity contribution in [2.24, 2.45) is 0 Å². The van der Waals surface area contributed by atoms with Crippen LogP contribution in [0, 0.1) is 13.8 Å². The minimum atomic E-state index is -4.11. The molecule has 4 aromatic rings. The fourth-order valence-corrected chi connectivity index (χ4v) is 6.55. The molecular weight excluding hydrogens is 562 g/mol. The quantitative estimate of drug-likeness (QED) is 0.242. The zero-order valence-corrected chi connectivity index (χ0v) is 24.5. The molecule has 0 unspecified atom stereocenters. The Balaban J connectivity index is 1.51. The maximum Gasteiger partial charge on any atom is 0.264 e. The van der Waals surface area contributed by atoms with Gasteiger partial charge in [-0.25, -0.2) is 16.8 Å². The number of para-hydroxylation sites is 1. The predicted octanol–water partition coefficient (Wildman–Crippen LogP) is 5.34. The average molecular weight is 594 g/mol. The lowest BCUT2D eigenvalue weighted by atomic mass is 10.1. The molecule has 0 fully saturated rings. The van der Waals surface area contributed by atoms with Crippen molar-refractivity contribution in [1.82, 2.24) is 0 Å². The van der Waals surface area contributed by atoms with Crippen molar-refractivity contribution >= 4 is 43.0 Å². The number of benzene rings is 4. The van der Waals surface area contributed by atoms with E-state index in [0.717, 1.165) is 15.4 Å². The summed E-state index contributed by atoms with van der Waals surface area (Å²) >= 11 is 0. The minimum Gasteiger partial charge on any atom is -0.494 e. The monoisotopic (exact) mass is 593 g/mol. The molecule has 9 nitrogen and oxygen atoms in total. The van der Waals surface area contributed by atoms with Gasteiger partial charge in [-0.1, -0.05) is 30.3 Å². The largest absolute Gasteiger partial charge is 0.494 e. The Morgan fingerprint density at radius 2 is 1.44 bits per heavy atom. The normalized spacial score (nSPS) is 11.5. The number of nitrogens with zero attached hydrogens (tertiary/aromatic N) is 1. The van der Waals surface area contributed by atoms with Gasteiger partial charge in [-0.3, -0.25) is 13.8 Å². The van der Waals surface area contributed by atoms with Crippen molar-refractivity contribution in [3.05, 3.63) is 108 Å². The van der Waals surface area contributed by atoms with Gasteiger partial charge in [0.25, 0.3) is 20.0 Å². The van der Waals surface area contributed by atoms with Crippen LogP contribution in [0.4, 0.5) is 17.1 Å². The Morgan fingerprint density at radius 3 is 2.07 bits per heavy atom. The Kier molecular flexibility index (Phi) is 8.99. The molecule has 0 aromatic heterocycles. The standard InChI is InChI=1S/C30H31N3O6S2/c1-4-39-26-14-18-28(19-15-26)41(37,38)33(25-8-6-5-7-9-25)21-30(34)31-24-12-16-27(17-13-24)40(35,36)32-29-20-22(2)10-11-23(29)3/h5-20,32H,4,21H2,1-3H3,(H,31,34). The fraction of sp³-hybridized carbons (Fsp3) is 0.167. The summed E-state index contributed by atoms with van der Waals surface area (Å²) < 4.78 is 62.0. The van der Waals surface area contributed by atoms with Crippen LogP contribution in [0.1, 0.15) is 18.1 Å². The van der Waals surface area contributed by atoms with Gasteiger partial charge >= 0.3 is 0 Å². The van der Waals surface area contributed by atoms with Crippen LogP contribution in [0.5, 0.6) is 5.75 Å². The summed E-state index contributed by atoms with van der Waals surface area (Å²) in [5, 5.41) is 2.66. The molecular formula is C30H31N3O6S2. The number of ether oxygens (including phenoxy) is 1. The molecule has 0 saturated heterocycles. The van der Waals surface area contributed by atoms with Crippen LogP contribution in [-0.4, -0.2) is 35.9 Å². The van der Waals surface area contributed by atoms with Gasteiger partial charge in [0.05, 0.1) is 27.8 Å². The van der Waals surface area contributed by atoms with Crippen LogP contribution in [-0.2, 0) is 24.8 Å². The first-order valence-electron chi connectivity index (χ1n) is 12.8. The van der Waals surface area contributed by atoms with Gasteiger partial charge in [-0.15, -0.1) is 0 Å². The SMILES string of the molecule is CCOc1ccc(S(=O)(=O)N(CC(=O)Nc2ccc(S(=O)(=O)Nc3cc(C)ccc3C)cc2)c2ccccc2)cc1. The Morgan fingerprint density at radius 1 is 0.805 bits per heavy atom. The van der Waals surface area contributed by atoms with Gasteiger partial charge in [-0.2, -0.15) is 0 Å². The summed E-state index contributed by atoms with van der Waals surface area (Å²) in [6.45, 7) is 5.45. The van der Waals surface area contributed by atoms with Crippen LogP contribution in [0.2, 0.25) is 0 Å². The second-order valence-corrected chi connectivity index (χ2v) is 12.8. The molecule has 0 radical (unpaired) electrons. The van der Waals surface area contributed by atoms with E-state index in [2.05, 4.69) is 10.0 Å². The number of sulfonamides is 2. The summed E-state index contributed by atoms with van der Waals surface area (Å²) in [6.07, 6.45) is 0. The average Bonchev–Trinajstić information content (AvgIpc) is 2.95. The lowest BCUT2D eigenvalue weighted by Crippen LogP contribution is -2.38. The Hall–Kier alpha value is -4.35. The van der Waals surface area contributed by atoms with E-state index in [9.17, 15) is 21.6 Å². The smallest absolute Gasteiger partial charge is 0.264 e. The number of aryl methyl sites for hydroxylation is 2. The molecule has 0 aliphatic heterocycles. The van der Waals surface area contributed by atoms with Crippen molar-refractivity contribution in [2.45, 2.75) is 30.6 Å². The van der Waals surface area contributed by atoms with Crippen molar-refractivity contribution in [3.8, 4) is 5.75 Å². The molecule has 11 heteroatoms. The molecule has 4 rings (SSSR count). The van der Waals surface area contributed by atoms with Gasteiger partial charge in [0.1, 0.15) is 12.3 Å².